The number of hydrogen-bond donors (Lipinski definition) is 2. The van der Waals surface area contributed by atoms with E-state index in [1.54, 1.807) is 29.1 Å². The maximum Gasteiger partial charge on any atom is 0.393 e. The molecule has 2 aromatic heterocycles. The molecule has 0 unspecified atom stereocenters. The molecule has 2 fully saturated rings. The van der Waals surface area contributed by atoms with Crippen molar-refractivity contribution >= 4 is 11.5 Å². The Hall–Kier alpha value is -2.68. The third-order valence-electron chi connectivity index (χ3n) is 6.01. The summed E-state index contributed by atoms with van der Waals surface area (Å²) in [4.78, 5) is 4.17. The highest BCUT2D eigenvalue weighted by Gasteiger charge is 2.32. The number of nitrogens with one attached hydrogen (secondary N) is 1. The average Bonchev–Trinajstić information content (AvgIpc) is 3.39. The Morgan fingerprint density at radius 3 is 2.67 bits per heavy atom. The van der Waals surface area contributed by atoms with E-state index in [-0.39, 0.29) is 18.2 Å². The summed E-state index contributed by atoms with van der Waals surface area (Å²) in [5.41, 5.74) is 2.60. The van der Waals surface area contributed by atoms with E-state index in [1.165, 1.54) is 0 Å². The fraction of sp³-hybridized carbons (Fsp3) is 0.476. The van der Waals surface area contributed by atoms with E-state index < -0.39 is 12.6 Å². The second-order valence-electron chi connectivity index (χ2n) is 8.37. The van der Waals surface area contributed by atoms with Crippen LogP contribution in [0.2, 0.25) is 0 Å². The van der Waals surface area contributed by atoms with Crippen LogP contribution in [0.25, 0.3) is 16.8 Å². The molecule has 158 valence electrons. The minimum atomic E-state index is -4.31. The van der Waals surface area contributed by atoms with Crippen LogP contribution in [0.4, 0.5) is 19.1 Å². The van der Waals surface area contributed by atoms with Crippen LogP contribution >= 0.6 is 0 Å². The third-order valence-corrected chi connectivity index (χ3v) is 6.01. The molecule has 2 aliphatic carbocycles. The first-order valence-electron chi connectivity index (χ1n) is 10.2. The van der Waals surface area contributed by atoms with E-state index in [0.717, 1.165) is 31.2 Å². The summed E-state index contributed by atoms with van der Waals surface area (Å²) in [5, 5.41) is 21.0. The van der Waals surface area contributed by atoms with Gasteiger partial charge in [0.15, 0.2) is 0 Å². The molecule has 0 spiro atoms. The lowest BCUT2D eigenvalue weighted by Gasteiger charge is -2.34. The van der Waals surface area contributed by atoms with Crippen LogP contribution in [0.3, 0.4) is 0 Å². The maximum atomic E-state index is 13.3. The van der Waals surface area contributed by atoms with Gasteiger partial charge in [-0.15, -0.1) is 10.2 Å². The fourth-order valence-electron chi connectivity index (χ4n) is 4.19. The number of alkyl halides is 3. The van der Waals surface area contributed by atoms with Gasteiger partial charge in [0.1, 0.15) is 12.0 Å². The molecule has 0 radical (unpaired) electrons. The summed E-state index contributed by atoms with van der Waals surface area (Å²) >= 11 is 0. The molecule has 0 bridgehead atoms. The minimum Gasteiger partial charge on any atom is -0.396 e. The van der Waals surface area contributed by atoms with Gasteiger partial charge in [-0.3, -0.25) is 4.40 Å². The smallest absolute Gasteiger partial charge is 0.393 e. The lowest BCUT2D eigenvalue weighted by molar-refractivity contribution is -0.127. The van der Waals surface area contributed by atoms with E-state index >= 15 is 0 Å². The molecule has 5 rings (SSSR count). The Bertz CT molecular complexity index is 1070. The van der Waals surface area contributed by atoms with Crippen molar-refractivity contribution in [3.63, 3.8) is 0 Å². The number of hydrogen-bond acceptors (Lipinski definition) is 5. The van der Waals surface area contributed by atoms with Crippen molar-refractivity contribution in [3.05, 3.63) is 41.9 Å². The number of aliphatic hydroxyl groups is 1. The lowest BCUT2D eigenvalue weighted by Crippen LogP contribution is -2.38. The summed E-state index contributed by atoms with van der Waals surface area (Å²) < 4.78 is 41.5. The van der Waals surface area contributed by atoms with Gasteiger partial charge in [0.25, 0.3) is 0 Å². The van der Waals surface area contributed by atoms with Crippen LogP contribution in [0.1, 0.15) is 42.7 Å². The standard InChI is InChI=1S/C21H22F3N5O/c22-21(23,24)8-15-7-14(13-1-2-13)3-4-17(15)19-18-9-25-11-29(18)20(28-27-19)26-16-5-12(6-16)10-30/h3-4,7,9,11-13,16,30H,1-2,5-6,8,10H2,(H,26,28). The van der Waals surface area contributed by atoms with Crippen LogP contribution in [0, 0.1) is 5.92 Å². The van der Waals surface area contributed by atoms with E-state index in [9.17, 15) is 18.3 Å². The predicted molar refractivity (Wildman–Crippen MR) is 105 cm³/mol. The number of nitrogens with zero attached hydrogens (tertiary/aromatic N) is 4. The van der Waals surface area contributed by atoms with Crippen molar-refractivity contribution in [1.82, 2.24) is 19.6 Å². The van der Waals surface area contributed by atoms with E-state index in [2.05, 4.69) is 20.5 Å². The summed E-state index contributed by atoms with van der Waals surface area (Å²) in [6.45, 7) is 0.169. The fourth-order valence-corrected chi connectivity index (χ4v) is 4.19. The van der Waals surface area contributed by atoms with Crippen LogP contribution in [-0.2, 0) is 6.42 Å². The summed E-state index contributed by atoms with van der Waals surface area (Å²) in [6, 6.07) is 5.49. The van der Waals surface area contributed by atoms with Gasteiger partial charge in [0.05, 0.1) is 18.1 Å². The van der Waals surface area contributed by atoms with Gasteiger partial charge >= 0.3 is 6.18 Å². The molecule has 9 heteroatoms. The largest absolute Gasteiger partial charge is 0.396 e. The second kappa shape index (κ2) is 7.23. The molecule has 1 aromatic carbocycles. The molecule has 2 saturated carbocycles. The highest BCUT2D eigenvalue weighted by Crippen LogP contribution is 2.42. The van der Waals surface area contributed by atoms with Crippen molar-refractivity contribution in [2.75, 3.05) is 11.9 Å². The second-order valence-corrected chi connectivity index (χ2v) is 8.37. The molecule has 2 aliphatic rings. The maximum absolute atomic E-state index is 13.3. The zero-order valence-electron chi connectivity index (χ0n) is 16.2. The van der Waals surface area contributed by atoms with Crippen molar-refractivity contribution in [2.24, 2.45) is 5.92 Å². The molecule has 6 nitrogen and oxygen atoms in total. The molecule has 0 atom stereocenters. The van der Waals surface area contributed by atoms with Gasteiger partial charge < -0.3 is 10.4 Å². The quantitative estimate of drug-likeness (QED) is 0.635. The number of fused-ring (bicyclic) bond motifs is 1. The summed E-state index contributed by atoms with van der Waals surface area (Å²) in [5.74, 6) is 1.16. The highest BCUT2D eigenvalue weighted by molar-refractivity contribution is 5.79. The van der Waals surface area contributed by atoms with E-state index in [0.29, 0.717) is 34.6 Å². The number of benzene rings is 1. The number of aromatic nitrogens is 4. The topological polar surface area (TPSA) is 75.3 Å². The van der Waals surface area contributed by atoms with Crippen molar-refractivity contribution < 1.29 is 18.3 Å². The molecule has 0 saturated heterocycles. The van der Waals surface area contributed by atoms with Crippen molar-refractivity contribution in [2.45, 2.75) is 50.2 Å². The van der Waals surface area contributed by atoms with Crippen LogP contribution in [0.5, 0.6) is 0 Å². The Morgan fingerprint density at radius 1 is 1.17 bits per heavy atom. The summed E-state index contributed by atoms with van der Waals surface area (Å²) in [6.07, 6.45) is 1.60. The number of imidazole rings is 1. The van der Waals surface area contributed by atoms with Crippen molar-refractivity contribution in [1.29, 1.82) is 0 Å². The van der Waals surface area contributed by atoms with Crippen LogP contribution in [-0.4, -0.2) is 43.5 Å². The molecule has 2 N–H and O–H groups in total. The van der Waals surface area contributed by atoms with E-state index in [1.807, 2.05) is 6.07 Å². The molecule has 2 heterocycles. The molecule has 30 heavy (non-hydrogen) atoms. The van der Waals surface area contributed by atoms with Gasteiger partial charge in [-0.25, -0.2) is 4.98 Å². The van der Waals surface area contributed by atoms with Gasteiger partial charge in [-0.1, -0.05) is 18.2 Å². The molecular formula is C21H22F3N5O. The number of rotatable bonds is 6. The minimum absolute atomic E-state index is 0.169. The molecule has 3 aromatic rings. The Morgan fingerprint density at radius 2 is 1.97 bits per heavy atom. The van der Waals surface area contributed by atoms with Gasteiger partial charge in [-0.05, 0) is 48.6 Å². The normalized spacial score (nSPS) is 21.6. The Kier molecular flexibility index (Phi) is 4.65. The monoisotopic (exact) mass is 417 g/mol. The first kappa shape index (κ1) is 19.3. The third kappa shape index (κ3) is 3.74. The van der Waals surface area contributed by atoms with Crippen LogP contribution < -0.4 is 5.32 Å². The van der Waals surface area contributed by atoms with Crippen LogP contribution in [0.15, 0.2) is 30.7 Å². The zero-order valence-corrected chi connectivity index (χ0v) is 16.2. The number of anilines is 1. The zero-order chi connectivity index (χ0) is 20.9. The van der Waals surface area contributed by atoms with E-state index in [4.69, 9.17) is 0 Å². The molecular weight excluding hydrogens is 395 g/mol. The van der Waals surface area contributed by atoms with Gasteiger partial charge in [0.2, 0.25) is 5.95 Å². The molecule has 0 aliphatic heterocycles. The lowest BCUT2D eigenvalue weighted by atomic mass is 9.81. The highest BCUT2D eigenvalue weighted by atomic mass is 19.4. The predicted octanol–water partition coefficient (Wildman–Crippen LogP) is 3.96. The first-order valence-corrected chi connectivity index (χ1v) is 10.2. The average molecular weight is 417 g/mol. The SMILES string of the molecule is OCC1CC(Nc2nnc(-c3ccc(C4CC4)cc3CC(F)(F)F)c3cncn23)C1. The Balaban J connectivity index is 1.52. The number of halogens is 3. The Labute approximate surface area is 171 Å². The molecule has 0 amide bonds. The summed E-state index contributed by atoms with van der Waals surface area (Å²) in [7, 11) is 0. The van der Waals surface area contributed by atoms with Gasteiger partial charge in [-0.2, -0.15) is 13.2 Å². The van der Waals surface area contributed by atoms with Gasteiger partial charge in [0, 0.05) is 18.2 Å². The number of aliphatic hydroxyl groups excluding tert-OH is 1. The van der Waals surface area contributed by atoms with Crippen molar-refractivity contribution in [3.8, 4) is 11.3 Å². The first-order chi connectivity index (χ1) is 14.4.